The van der Waals surface area contributed by atoms with Crippen molar-refractivity contribution in [1.29, 1.82) is 0 Å². The molecule has 5 rings (SSSR count). The molecule has 0 bridgehead atoms. The van der Waals surface area contributed by atoms with E-state index < -0.39 is 0 Å². The van der Waals surface area contributed by atoms with Crippen molar-refractivity contribution < 1.29 is 4.79 Å². The molecule has 0 saturated carbocycles. The maximum atomic E-state index is 13.8. The number of aromatic amines is 1. The Morgan fingerprint density at radius 1 is 1.06 bits per heavy atom. The van der Waals surface area contributed by atoms with E-state index in [1.54, 1.807) is 10.6 Å². The van der Waals surface area contributed by atoms with Gasteiger partial charge >= 0.3 is 0 Å². The highest BCUT2D eigenvalue weighted by molar-refractivity contribution is 7.99. The van der Waals surface area contributed by atoms with Crippen molar-refractivity contribution in [3.63, 3.8) is 0 Å². The number of nitrogens with zero attached hydrogens (tertiary/aromatic N) is 2. The van der Waals surface area contributed by atoms with Crippen LogP contribution in [0, 0.1) is 20.8 Å². The molecule has 0 aliphatic heterocycles. The van der Waals surface area contributed by atoms with Crippen LogP contribution in [0.1, 0.15) is 16.7 Å². The molecule has 176 valence electrons. The van der Waals surface area contributed by atoms with E-state index in [0.29, 0.717) is 26.9 Å². The molecule has 0 aliphatic carbocycles. The van der Waals surface area contributed by atoms with Gasteiger partial charge in [-0.15, -0.1) is 0 Å². The van der Waals surface area contributed by atoms with Crippen molar-refractivity contribution in [2.75, 3.05) is 11.1 Å². The number of halogens is 1. The summed E-state index contributed by atoms with van der Waals surface area (Å²) in [4.78, 5) is 34.6. The van der Waals surface area contributed by atoms with Gasteiger partial charge in [0.15, 0.2) is 5.16 Å². The molecule has 0 spiro atoms. The lowest BCUT2D eigenvalue weighted by molar-refractivity contribution is -0.113. The van der Waals surface area contributed by atoms with E-state index in [1.807, 2.05) is 75.4 Å². The Hall–Kier alpha value is -3.55. The molecule has 35 heavy (non-hydrogen) atoms. The van der Waals surface area contributed by atoms with Gasteiger partial charge in [-0.2, -0.15) is 0 Å². The molecular weight excluding hydrogens is 480 g/mol. The molecule has 0 radical (unpaired) electrons. The topological polar surface area (TPSA) is 79.8 Å². The van der Waals surface area contributed by atoms with Crippen LogP contribution in [0.15, 0.2) is 70.6 Å². The van der Waals surface area contributed by atoms with Crippen molar-refractivity contribution in [2.24, 2.45) is 0 Å². The Kier molecular flexibility index (Phi) is 6.13. The molecule has 2 N–H and O–H groups in total. The molecule has 1 amide bonds. The Balaban J connectivity index is 1.57. The predicted octanol–water partition coefficient (Wildman–Crippen LogP) is 6.18. The first-order chi connectivity index (χ1) is 16.8. The van der Waals surface area contributed by atoms with Crippen molar-refractivity contribution in [1.82, 2.24) is 14.5 Å². The average molecular weight is 503 g/mol. The van der Waals surface area contributed by atoms with Crippen molar-refractivity contribution in [2.45, 2.75) is 25.9 Å². The summed E-state index contributed by atoms with van der Waals surface area (Å²) in [6.07, 6.45) is 0. The van der Waals surface area contributed by atoms with Gasteiger partial charge in [-0.05, 0) is 61.7 Å². The first-order valence-electron chi connectivity index (χ1n) is 11.1. The molecule has 0 fully saturated rings. The number of para-hydroxylation sites is 1. The van der Waals surface area contributed by atoms with Crippen LogP contribution in [0.5, 0.6) is 0 Å². The molecule has 6 nitrogen and oxygen atoms in total. The normalized spacial score (nSPS) is 11.3. The van der Waals surface area contributed by atoms with E-state index in [0.717, 1.165) is 33.3 Å². The maximum absolute atomic E-state index is 13.8. The highest BCUT2D eigenvalue weighted by Gasteiger charge is 2.19. The van der Waals surface area contributed by atoms with E-state index in [-0.39, 0.29) is 17.2 Å². The number of hydrogen-bond donors (Lipinski definition) is 2. The highest BCUT2D eigenvalue weighted by Crippen LogP contribution is 2.28. The number of amides is 1. The number of rotatable bonds is 5. The minimum Gasteiger partial charge on any atom is -0.349 e. The maximum Gasteiger partial charge on any atom is 0.283 e. The van der Waals surface area contributed by atoms with E-state index in [2.05, 4.69) is 10.3 Å². The van der Waals surface area contributed by atoms with Gasteiger partial charge in [0.2, 0.25) is 5.91 Å². The summed E-state index contributed by atoms with van der Waals surface area (Å²) in [5, 5.41) is 4.78. The highest BCUT2D eigenvalue weighted by atomic mass is 35.5. The van der Waals surface area contributed by atoms with Crippen LogP contribution in [0.3, 0.4) is 0 Å². The van der Waals surface area contributed by atoms with Crippen molar-refractivity contribution in [3.8, 4) is 5.69 Å². The Morgan fingerprint density at radius 3 is 2.66 bits per heavy atom. The lowest BCUT2D eigenvalue weighted by Gasteiger charge is -2.15. The van der Waals surface area contributed by atoms with Crippen LogP contribution < -0.4 is 10.9 Å². The quantitative estimate of drug-likeness (QED) is 0.222. The number of anilines is 1. The van der Waals surface area contributed by atoms with Gasteiger partial charge in [-0.25, -0.2) is 4.98 Å². The number of hydrogen-bond acceptors (Lipinski definition) is 4. The molecule has 0 aliphatic rings. The molecule has 0 atom stereocenters. The fraction of sp³-hybridized carbons (Fsp3) is 0.148. The number of aromatic nitrogens is 3. The second kappa shape index (κ2) is 9.24. The largest absolute Gasteiger partial charge is 0.349 e. The molecule has 0 saturated heterocycles. The summed E-state index contributed by atoms with van der Waals surface area (Å²) in [5.74, 6) is -0.132. The van der Waals surface area contributed by atoms with E-state index in [9.17, 15) is 9.59 Å². The first kappa shape index (κ1) is 23.2. The third kappa shape index (κ3) is 4.33. The minimum absolute atomic E-state index is 0.0800. The zero-order chi connectivity index (χ0) is 24.7. The third-order valence-electron chi connectivity index (χ3n) is 6.10. The van der Waals surface area contributed by atoms with E-state index in [4.69, 9.17) is 16.6 Å². The fourth-order valence-corrected chi connectivity index (χ4v) is 5.01. The van der Waals surface area contributed by atoms with Crippen LogP contribution in [0.4, 0.5) is 5.69 Å². The summed E-state index contributed by atoms with van der Waals surface area (Å²) < 4.78 is 1.60. The molecular formula is C27H23ClN4O2S. The SMILES string of the molecule is Cc1ccc(NC(=O)CSc2nc3c([nH]c4ccccc43)c(=O)n2-c2cccc(C)c2C)cc1Cl. The van der Waals surface area contributed by atoms with Crippen LogP contribution in [0.2, 0.25) is 5.02 Å². The zero-order valence-corrected chi connectivity index (χ0v) is 21.1. The molecule has 5 aromatic rings. The molecule has 8 heteroatoms. The molecule has 2 heterocycles. The van der Waals surface area contributed by atoms with E-state index >= 15 is 0 Å². The lowest BCUT2D eigenvalue weighted by Crippen LogP contribution is -2.23. The number of aryl methyl sites for hydroxylation is 2. The number of thioether (sulfide) groups is 1. The number of benzene rings is 3. The van der Waals surface area contributed by atoms with Crippen LogP contribution in [-0.4, -0.2) is 26.2 Å². The van der Waals surface area contributed by atoms with Gasteiger partial charge in [-0.1, -0.05) is 59.8 Å². The Morgan fingerprint density at radius 2 is 1.86 bits per heavy atom. The fourth-order valence-electron chi connectivity index (χ4n) is 4.03. The smallest absolute Gasteiger partial charge is 0.283 e. The summed E-state index contributed by atoms with van der Waals surface area (Å²) >= 11 is 7.41. The third-order valence-corrected chi connectivity index (χ3v) is 7.45. The van der Waals surface area contributed by atoms with Gasteiger partial charge in [0, 0.05) is 21.6 Å². The molecule has 3 aromatic carbocycles. The van der Waals surface area contributed by atoms with Crippen molar-refractivity contribution in [3.05, 3.63) is 92.7 Å². The number of fused-ring (bicyclic) bond motifs is 3. The Labute approximate surface area is 211 Å². The van der Waals surface area contributed by atoms with Crippen LogP contribution in [0.25, 0.3) is 27.6 Å². The van der Waals surface area contributed by atoms with Crippen molar-refractivity contribution >= 4 is 56.9 Å². The lowest BCUT2D eigenvalue weighted by atomic mass is 10.1. The average Bonchev–Trinajstić information content (AvgIpc) is 3.21. The standard InChI is InChI=1S/C27H23ClN4O2S/c1-15-7-6-10-22(17(15)3)32-26(34)25-24(19-8-4-5-9-21(19)30-25)31-27(32)35-14-23(33)29-18-12-11-16(2)20(28)13-18/h4-13,30H,14H2,1-3H3,(H,29,33). The summed E-state index contributed by atoms with van der Waals surface area (Å²) in [5.41, 5.74) is 6.03. The van der Waals surface area contributed by atoms with Gasteiger partial charge < -0.3 is 10.3 Å². The number of carbonyl (C=O) groups is 1. The van der Waals surface area contributed by atoms with E-state index in [1.165, 1.54) is 11.8 Å². The van der Waals surface area contributed by atoms with Gasteiger partial charge in [0.25, 0.3) is 5.56 Å². The van der Waals surface area contributed by atoms with Gasteiger partial charge in [0.1, 0.15) is 11.0 Å². The summed E-state index contributed by atoms with van der Waals surface area (Å²) in [6, 6.07) is 18.9. The molecule has 2 aromatic heterocycles. The summed E-state index contributed by atoms with van der Waals surface area (Å²) in [6.45, 7) is 5.89. The summed E-state index contributed by atoms with van der Waals surface area (Å²) in [7, 11) is 0. The molecule has 0 unspecified atom stereocenters. The predicted molar refractivity (Wildman–Crippen MR) is 144 cm³/mol. The number of H-pyrrole nitrogens is 1. The van der Waals surface area contributed by atoms with Gasteiger partial charge in [-0.3, -0.25) is 14.2 Å². The zero-order valence-electron chi connectivity index (χ0n) is 19.5. The minimum atomic E-state index is -0.212. The second-order valence-corrected chi connectivity index (χ2v) is 9.80. The van der Waals surface area contributed by atoms with Crippen LogP contribution in [-0.2, 0) is 4.79 Å². The van der Waals surface area contributed by atoms with Gasteiger partial charge in [0.05, 0.1) is 11.4 Å². The first-order valence-corrected chi connectivity index (χ1v) is 12.5. The Bertz CT molecular complexity index is 1670. The monoisotopic (exact) mass is 502 g/mol. The second-order valence-electron chi connectivity index (χ2n) is 8.45. The van der Waals surface area contributed by atoms with Crippen LogP contribution >= 0.6 is 23.4 Å². The number of carbonyl (C=O) groups excluding carboxylic acids is 1. The number of nitrogens with one attached hydrogen (secondary N) is 2.